The molecular formula is C16H24N2O3. The predicted octanol–water partition coefficient (Wildman–Crippen LogP) is 3.00. The molecule has 5 heteroatoms. The van der Waals surface area contributed by atoms with E-state index in [0.29, 0.717) is 11.7 Å². The Balaban J connectivity index is 2.31. The number of carbonyl (C=O) groups excluding carboxylic acids is 1. The number of nitrogens with zero attached hydrogens (tertiary/aromatic N) is 1. The van der Waals surface area contributed by atoms with Crippen molar-refractivity contribution >= 4 is 11.6 Å². The van der Waals surface area contributed by atoms with E-state index in [0.717, 1.165) is 24.3 Å². The van der Waals surface area contributed by atoms with Crippen molar-refractivity contribution in [3.05, 3.63) is 24.3 Å². The van der Waals surface area contributed by atoms with Crippen molar-refractivity contribution in [1.29, 1.82) is 0 Å². The molecule has 0 heterocycles. The molecule has 0 spiro atoms. The summed E-state index contributed by atoms with van der Waals surface area (Å²) in [5, 5.41) is 4.05. The first-order valence-electron chi connectivity index (χ1n) is 7.10. The van der Waals surface area contributed by atoms with Crippen LogP contribution in [-0.4, -0.2) is 25.3 Å². The molecule has 0 bridgehead atoms. The third-order valence-corrected chi connectivity index (χ3v) is 2.88. The van der Waals surface area contributed by atoms with Gasteiger partial charge in [0, 0.05) is 5.71 Å². The van der Waals surface area contributed by atoms with Crippen molar-refractivity contribution in [3.8, 4) is 11.5 Å². The molecule has 116 valence electrons. The third-order valence-electron chi connectivity index (χ3n) is 2.88. The van der Waals surface area contributed by atoms with E-state index in [4.69, 9.17) is 9.47 Å². The fourth-order valence-corrected chi connectivity index (χ4v) is 1.56. The van der Waals surface area contributed by atoms with Gasteiger partial charge in [0.05, 0.1) is 7.11 Å². The van der Waals surface area contributed by atoms with Crippen molar-refractivity contribution < 1.29 is 14.3 Å². The van der Waals surface area contributed by atoms with Gasteiger partial charge >= 0.3 is 0 Å². The molecule has 1 amide bonds. The predicted molar refractivity (Wildman–Crippen MR) is 83.8 cm³/mol. The average Bonchev–Trinajstić information content (AvgIpc) is 2.49. The maximum Gasteiger partial charge on any atom is 0.277 e. The Hall–Kier alpha value is -2.04. The number of hydrogen-bond donors (Lipinski definition) is 1. The van der Waals surface area contributed by atoms with Crippen LogP contribution in [0.25, 0.3) is 0 Å². The summed E-state index contributed by atoms with van der Waals surface area (Å²) in [5.41, 5.74) is 3.42. The number of amides is 1. The van der Waals surface area contributed by atoms with Gasteiger partial charge < -0.3 is 9.47 Å². The van der Waals surface area contributed by atoms with Gasteiger partial charge in [-0.3, -0.25) is 4.79 Å². The lowest BCUT2D eigenvalue weighted by Crippen LogP contribution is -2.25. The average molecular weight is 292 g/mol. The summed E-state index contributed by atoms with van der Waals surface area (Å²) in [6.07, 6.45) is 1.95. The third kappa shape index (κ3) is 7.34. The first-order valence-corrected chi connectivity index (χ1v) is 7.10. The van der Waals surface area contributed by atoms with Gasteiger partial charge in [-0.05, 0) is 49.9 Å². The highest BCUT2D eigenvalue weighted by atomic mass is 16.5. The van der Waals surface area contributed by atoms with Crippen LogP contribution in [0, 0.1) is 5.92 Å². The monoisotopic (exact) mass is 292 g/mol. The quantitative estimate of drug-likeness (QED) is 0.592. The van der Waals surface area contributed by atoms with E-state index in [9.17, 15) is 4.79 Å². The highest BCUT2D eigenvalue weighted by molar-refractivity contribution is 5.84. The first-order chi connectivity index (χ1) is 10.0. The summed E-state index contributed by atoms with van der Waals surface area (Å²) in [7, 11) is 1.60. The van der Waals surface area contributed by atoms with E-state index < -0.39 is 0 Å². The van der Waals surface area contributed by atoms with Crippen LogP contribution in [0.4, 0.5) is 0 Å². The molecule has 1 aromatic carbocycles. The molecule has 1 N–H and O–H groups in total. The second kappa shape index (κ2) is 9.00. The van der Waals surface area contributed by atoms with Crippen molar-refractivity contribution in [2.24, 2.45) is 11.0 Å². The molecular weight excluding hydrogens is 268 g/mol. The van der Waals surface area contributed by atoms with Crippen molar-refractivity contribution in [2.45, 2.75) is 33.6 Å². The number of ether oxygens (including phenoxy) is 2. The molecule has 0 atom stereocenters. The molecule has 0 radical (unpaired) electrons. The summed E-state index contributed by atoms with van der Waals surface area (Å²) >= 11 is 0. The molecule has 0 fully saturated rings. The minimum atomic E-state index is -0.269. The number of rotatable bonds is 8. The maximum atomic E-state index is 11.6. The van der Waals surface area contributed by atoms with Crippen LogP contribution in [0.5, 0.6) is 11.5 Å². The summed E-state index contributed by atoms with van der Waals surface area (Å²) < 4.78 is 10.4. The second-order valence-corrected chi connectivity index (χ2v) is 5.28. The van der Waals surface area contributed by atoms with Crippen molar-refractivity contribution in [2.75, 3.05) is 13.7 Å². The summed E-state index contributed by atoms with van der Waals surface area (Å²) in [6, 6.07) is 7.06. The molecule has 1 aromatic rings. The first kappa shape index (κ1) is 17.0. The zero-order valence-corrected chi connectivity index (χ0v) is 13.2. The number of hydrazone groups is 1. The van der Waals surface area contributed by atoms with E-state index in [1.54, 1.807) is 31.4 Å². The lowest BCUT2D eigenvalue weighted by atomic mass is 10.1. The minimum Gasteiger partial charge on any atom is -0.497 e. The van der Waals surface area contributed by atoms with Crippen molar-refractivity contribution in [3.63, 3.8) is 0 Å². The molecule has 0 aliphatic rings. The topological polar surface area (TPSA) is 59.9 Å². The molecule has 0 aliphatic carbocycles. The zero-order chi connectivity index (χ0) is 15.7. The SMILES string of the molecule is COc1ccc(OCC(=O)N/N=C(\C)CCC(C)C)cc1. The zero-order valence-electron chi connectivity index (χ0n) is 13.2. The van der Waals surface area contributed by atoms with Crippen LogP contribution in [0.2, 0.25) is 0 Å². The highest BCUT2D eigenvalue weighted by Gasteiger charge is 2.03. The minimum absolute atomic E-state index is 0.0622. The lowest BCUT2D eigenvalue weighted by molar-refractivity contribution is -0.123. The Kier molecular flexibility index (Phi) is 7.29. The van der Waals surface area contributed by atoms with E-state index in [-0.39, 0.29) is 12.5 Å². The molecule has 0 aromatic heterocycles. The normalized spacial score (nSPS) is 11.4. The fourth-order valence-electron chi connectivity index (χ4n) is 1.56. The Bertz CT molecular complexity index is 467. The van der Waals surface area contributed by atoms with E-state index in [1.165, 1.54) is 0 Å². The van der Waals surface area contributed by atoms with Gasteiger partial charge in [-0.25, -0.2) is 5.43 Å². The molecule has 21 heavy (non-hydrogen) atoms. The van der Waals surface area contributed by atoms with Crippen LogP contribution in [-0.2, 0) is 4.79 Å². The molecule has 0 aliphatic heterocycles. The molecule has 0 saturated carbocycles. The van der Waals surface area contributed by atoms with Gasteiger partial charge in [0.15, 0.2) is 6.61 Å². The number of nitrogens with one attached hydrogen (secondary N) is 1. The maximum absolute atomic E-state index is 11.6. The molecule has 1 rings (SSSR count). The molecule has 0 unspecified atom stereocenters. The van der Waals surface area contributed by atoms with Crippen LogP contribution in [0.15, 0.2) is 29.4 Å². The smallest absolute Gasteiger partial charge is 0.277 e. The Morgan fingerprint density at radius 3 is 2.43 bits per heavy atom. The summed E-state index contributed by atoms with van der Waals surface area (Å²) in [4.78, 5) is 11.6. The molecule has 5 nitrogen and oxygen atoms in total. The van der Waals surface area contributed by atoms with Gasteiger partial charge in [-0.1, -0.05) is 13.8 Å². The van der Waals surface area contributed by atoms with Crippen LogP contribution in [0.1, 0.15) is 33.6 Å². The Morgan fingerprint density at radius 2 is 1.86 bits per heavy atom. The lowest BCUT2D eigenvalue weighted by Gasteiger charge is -2.07. The van der Waals surface area contributed by atoms with Crippen LogP contribution < -0.4 is 14.9 Å². The second-order valence-electron chi connectivity index (χ2n) is 5.28. The van der Waals surface area contributed by atoms with Crippen LogP contribution in [0.3, 0.4) is 0 Å². The highest BCUT2D eigenvalue weighted by Crippen LogP contribution is 2.16. The Labute approximate surface area is 126 Å². The van der Waals surface area contributed by atoms with E-state index in [1.807, 2.05) is 6.92 Å². The van der Waals surface area contributed by atoms with Crippen molar-refractivity contribution in [1.82, 2.24) is 5.43 Å². The standard InChI is InChI=1S/C16H24N2O3/c1-12(2)5-6-13(3)17-18-16(19)11-21-15-9-7-14(20-4)8-10-15/h7-10,12H,5-6,11H2,1-4H3,(H,18,19)/b17-13+. The number of hydrogen-bond acceptors (Lipinski definition) is 4. The molecule has 0 saturated heterocycles. The fraction of sp³-hybridized carbons (Fsp3) is 0.500. The van der Waals surface area contributed by atoms with Gasteiger partial charge in [0.2, 0.25) is 0 Å². The van der Waals surface area contributed by atoms with Crippen LogP contribution >= 0.6 is 0 Å². The summed E-state index contributed by atoms with van der Waals surface area (Å²) in [5.74, 6) is 1.72. The number of methoxy groups -OCH3 is 1. The number of carbonyl (C=O) groups is 1. The van der Waals surface area contributed by atoms with Gasteiger partial charge in [-0.2, -0.15) is 5.10 Å². The Morgan fingerprint density at radius 1 is 1.24 bits per heavy atom. The van der Waals surface area contributed by atoms with Gasteiger partial charge in [0.1, 0.15) is 11.5 Å². The van der Waals surface area contributed by atoms with Gasteiger partial charge in [-0.15, -0.1) is 0 Å². The van der Waals surface area contributed by atoms with E-state index in [2.05, 4.69) is 24.4 Å². The van der Waals surface area contributed by atoms with Gasteiger partial charge in [0.25, 0.3) is 5.91 Å². The van der Waals surface area contributed by atoms with E-state index >= 15 is 0 Å². The largest absolute Gasteiger partial charge is 0.497 e. The summed E-state index contributed by atoms with van der Waals surface area (Å²) in [6.45, 7) is 6.17. The number of benzene rings is 1.